The molecule has 0 aromatic carbocycles. The van der Waals surface area contributed by atoms with Crippen molar-refractivity contribution < 1.29 is 0 Å². The highest BCUT2D eigenvalue weighted by Gasteiger charge is 2.02. The average molecular weight is 219 g/mol. The number of hydrogen-bond acceptors (Lipinski definition) is 2. The van der Waals surface area contributed by atoms with Gasteiger partial charge in [-0.25, -0.2) is 4.68 Å². The summed E-state index contributed by atoms with van der Waals surface area (Å²) in [5, 5.41) is 5.11. The zero-order valence-electron chi connectivity index (χ0n) is 5.54. The predicted octanol–water partition coefficient (Wildman–Crippen LogP) is 2.47. The Morgan fingerprint density at radius 1 is 1.90 bits per heavy atom. The van der Waals surface area contributed by atoms with Crippen molar-refractivity contribution in [3.63, 3.8) is 0 Å². The van der Waals surface area contributed by atoms with Gasteiger partial charge in [0.2, 0.25) is 0 Å². The molecule has 0 aliphatic carbocycles. The first-order valence-electron chi connectivity index (χ1n) is 2.69. The van der Waals surface area contributed by atoms with Crippen LogP contribution in [0.3, 0.4) is 0 Å². The Balaban J connectivity index is 3.12. The Morgan fingerprint density at radius 3 is 3.00 bits per heavy atom. The van der Waals surface area contributed by atoms with Gasteiger partial charge in [-0.05, 0) is 22.2 Å². The minimum Gasteiger partial charge on any atom is -0.234 e. The Labute approximate surface area is 72.4 Å². The summed E-state index contributed by atoms with van der Waals surface area (Å²) in [5.74, 6) is 0. The molecule has 1 rings (SSSR count). The van der Waals surface area contributed by atoms with Crippen LogP contribution in [0.5, 0.6) is 0 Å². The fourth-order valence-electron chi connectivity index (χ4n) is 0.651. The van der Waals surface area contributed by atoms with Gasteiger partial charge >= 0.3 is 0 Å². The van der Waals surface area contributed by atoms with Crippen LogP contribution in [0.4, 0.5) is 0 Å². The zero-order chi connectivity index (χ0) is 7.56. The van der Waals surface area contributed by atoms with Crippen LogP contribution >= 0.6 is 27.7 Å². The summed E-state index contributed by atoms with van der Waals surface area (Å²) in [6.45, 7) is 3.62. The smallest absolute Gasteiger partial charge is 0.113 e. The van der Waals surface area contributed by atoms with E-state index >= 15 is 0 Å². The molecule has 0 bridgehead atoms. The molecule has 0 amide bonds. The largest absolute Gasteiger partial charge is 0.234 e. The predicted molar refractivity (Wildman–Crippen MR) is 48.1 cm³/mol. The Bertz CT molecular complexity index is 244. The molecule has 0 saturated heterocycles. The molecule has 0 aliphatic rings. The number of rotatable bonds is 2. The maximum Gasteiger partial charge on any atom is 0.113 e. The number of hydrogen-bond donors (Lipinski definition) is 0. The minimum atomic E-state index is 1.01. The van der Waals surface area contributed by atoms with Crippen molar-refractivity contribution in [3.05, 3.63) is 17.2 Å². The lowest BCUT2D eigenvalue weighted by molar-refractivity contribution is 0.853. The Hall–Kier alpha value is -0.220. The number of thioether (sulfide) groups is 1. The van der Waals surface area contributed by atoms with Gasteiger partial charge in [0.15, 0.2) is 0 Å². The fourth-order valence-corrected chi connectivity index (χ4v) is 1.97. The van der Waals surface area contributed by atoms with Crippen molar-refractivity contribution in [1.29, 1.82) is 0 Å². The van der Waals surface area contributed by atoms with Crippen LogP contribution in [0.1, 0.15) is 0 Å². The second kappa shape index (κ2) is 3.25. The topological polar surface area (TPSA) is 17.8 Å². The number of halogens is 1. The first kappa shape index (κ1) is 7.88. The van der Waals surface area contributed by atoms with Crippen LogP contribution in [0.2, 0.25) is 0 Å². The first-order chi connectivity index (χ1) is 4.79. The molecule has 0 saturated carbocycles. The minimum absolute atomic E-state index is 1.01. The molecule has 0 spiro atoms. The molecule has 0 aliphatic heterocycles. The Kier molecular flexibility index (Phi) is 2.56. The zero-order valence-corrected chi connectivity index (χ0v) is 7.94. The molecule has 4 heteroatoms. The van der Waals surface area contributed by atoms with Crippen LogP contribution < -0.4 is 0 Å². The highest BCUT2D eigenvalue weighted by atomic mass is 79.9. The third-order valence-corrected chi connectivity index (χ3v) is 2.71. The molecule has 0 N–H and O–H groups in total. The van der Waals surface area contributed by atoms with Crippen molar-refractivity contribution in [3.8, 4) is 0 Å². The second-order valence-electron chi connectivity index (χ2n) is 1.63. The maximum absolute atomic E-state index is 4.04. The van der Waals surface area contributed by atoms with Crippen molar-refractivity contribution >= 4 is 33.9 Å². The van der Waals surface area contributed by atoms with Gasteiger partial charge in [-0.15, -0.1) is 11.8 Å². The summed E-state index contributed by atoms with van der Waals surface area (Å²) < 4.78 is 2.74. The average Bonchev–Trinajstić information content (AvgIpc) is 2.30. The van der Waals surface area contributed by atoms with E-state index in [0.717, 1.165) is 9.50 Å². The van der Waals surface area contributed by atoms with Gasteiger partial charge in [-0.2, -0.15) is 5.10 Å². The van der Waals surface area contributed by atoms with Crippen LogP contribution in [-0.2, 0) is 0 Å². The van der Waals surface area contributed by atoms with E-state index in [1.54, 1.807) is 28.8 Å². The highest BCUT2D eigenvalue weighted by molar-refractivity contribution is 9.10. The summed E-state index contributed by atoms with van der Waals surface area (Å²) >= 11 is 5.00. The number of nitrogens with zero attached hydrogens (tertiary/aromatic N) is 2. The molecule has 0 radical (unpaired) electrons. The standard InChI is InChI=1S/C6H7BrN2S/c1-3-9-6(10-2)5(7)4-8-9/h3-4H,1H2,2H3. The lowest BCUT2D eigenvalue weighted by Gasteiger charge is -1.95. The molecule has 1 heterocycles. The summed E-state index contributed by atoms with van der Waals surface area (Å²) in [6, 6.07) is 0. The van der Waals surface area contributed by atoms with Crippen LogP contribution in [0.25, 0.3) is 6.20 Å². The second-order valence-corrected chi connectivity index (χ2v) is 3.28. The lowest BCUT2D eigenvalue weighted by atomic mass is 10.7. The van der Waals surface area contributed by atoms with Gasteiger partial charge < -0.3 is 0 Å². The van der Waals surface area contributed by atoms with E-state index in [1.807, 2.05) is 6.26 Å². The summed E-state index contributed by atoms with van der Waals surface area (Å²) in [6.07, 6.45) is 5.44. The van der Waals surface area contributed by atoms with Gasteiger partial charge in [-0.1, -0.05) is 6.58 Å². The lowest BCUT2D eigenvalue weighted by Crippen LogP contribution is -1.88. The Morgan fingerprint density at radius 2 is 2.60 bits per heavy atom. The van der Waals surface area contributed by atoms with Crippen molar-refractivity contribution in [1.82, 2.24) is 9.78 Å². The third kappa shape index (κ3) is 1.27. The third-order valence-electron chi connectivity index (χ3n) is 1.07. The molecule has 1 aromatic heterocycles. The van der Waals surface area contributed by atoms with Gasteiger partial charge in [-0.3, -0.25) is 0 Å². The monoisotopic (exact) mass is 218 g/mol. The maximum atomic E-state index is 4.04. The van der Waals surface area contributed by atoms with E-state index in [0.29, 0.717) is 0 Å². The van der Waals surface area contributed by atoms with Gasteiger partial charge in [0.1, 0.15) is 5.03 Å². The molecule has 0 atom stereocenters. The first-order valence-corrected chi connectivity index (χ1v) is 4.71. The van der Waals surface area contributed by atoms with Crippen LogP contribution in [0.15, 0.2) is 22.3 Å². The number of aromatic nitrogens is 2. The highest BCUT2D eigenvalue weighted by Crippen LogP contribution is 2.24. The summed E-state index contributed by atoms with van der Waals surface area (Å²) in [4.78, 5) is 0. The van der Waals surface area contributed by atoms with Crippen molar-refractivity contribution in [2.24, 2.45) is 0 Å². The summed E-state index contributed by atoms with van der Waals surface area (Å²) in [7, 11) is 0. The molecular weight excluding hydrogens is 212 g/mol. The van der Waals surface area contributed by atoms with E-state index < -0.39 is 0 Å². The van der Waals surface area contributed by atoms with E-state index in [1.165, 1.54) is 0 Å². The van der Waals surface area contributed by atoms with Crippen LogP contribution in [-0.4, -0.2) is 16.0 Å². The fraction of sp³-hybridized carbons (Fsp3) is 0.167. The van der Waals surface area contributed by atoms with Gasteiger partial charge in [0, 0.05) is 6.20 Å². The molecule has 54 valence electrons. The van der Waals surface area contributed by atoms with Gasteiger partial charge in [0.05, 0.1) is 10.7 Å². The van der Waals surface area contributed by atoms with Crippen molar-refractivity contribution in [2.75, 3.05) is 6.26 Å². The quantitative estimate of drug-likeness (QED) is 0.711. The molecule has 10 heavy (non-hydrogen) atoms. The SMILES string of the molecule is C=Cn1ncc(Br)c1SC. The van der Waals surface area contributed by atoms with Crippen molar-refractivity contribution in [2.45, 2.75) is 5.03 Å². The molecule has 2 nitrogen and oxygen atoms in total. The molecule has 0 unspecified atom stereocenters. The summed E-state index contributed by atoms with van der Waals surface area (Å²) in [5.41, 5.74) is 0. The molecule has 1 aromatic rings. The molecular formula is C6H7BrN2S. The van der Waals surface area contributed by atoms with Crippen LogP contribution in [0, 0.1) is 0 Å². The molecule has 0 fully saturated rings. The van der Waals surface area contributed by atoms with E-state index in [4.69, 9.17) is 0 Å². The normalized spacial score (nSPS) is 9.80. The van der Waals surface area contributed by atoms with E-state index in [9.17, 15) is 0 Å². The van der Waals surface area contributed by atoms with Gasteiger partial charge in [0.25, 0.3) is 0 Å². The van der Waals surface area contributed by atoms with E-state index in [2.05, 4.69) is 27.6 Å². The van der Waals surface area contributed by atoms with E-state index in [-0.39, 0.29) is 0 Å².